The number of carbonyl (C=O) groups excluding carboxylic acids is 1. The van der Waals surface area contributed by atoms with Crippen LogP contribution in [0.15, 0.2) is 29.4 Å². The lowest BCUT2D eigenvalue weighted by Crippen LogP contribution is -2.41. The quantitative estimate of drug-likeness (QED) is 0.273. The fourth-order valence-corrected chi connectivity index (χ4v) is 3.28. The predicted molar refractivity (Wildman–Crippen MR) is 103 cm³/mol. The van der Waals surface area contributed by atoms with Crippen LogP contribution in [0.1, 0.15) is 24.3 Å². The molecule has 0 saturated carbocycles. The number of ether oxygens (including phenoxy) is 2. The highest BCUT2D eigenvalue weighted by molar-refractivity contribution is 7.99. The van der Waals surface area contributed by atoms with Gasteiger partial charge in [0.2, 0.25) is 5.88 Å². The zero-order chi connectivity index (χ0) is 23.5. The third-order valence-electron chi connectivity index (χ3n) is 3.96. The lowest BCUT2D eigenvalue weighted by molar-refractivity contribution is -0.290. The molecule has 0 aliphatic carbocycles. The fraction of sp³-hybridized carbons (Fsp3) is 0.389. The van der Waals surface area contributed by atoms with E-state index in [4.69, 9.17) is 4.74 Å². The Bertz CT molecular complexity index is 1100. The van der Waals surface area contributed by atoms with Gasteiger partial charge in [-0.3, -0.25) is 0 Å². The van der Waals surface area contributed by atoms with Gasteiger partial charge in [-0.05, 0) is 24.8 Å². The summed E-state index contributed by atoms with van der Waals surface area (Å²) in [5.74, 6) is -5.54. The summed E-state index contributed by atoms with van der Waals surface area (Å²) in [6.45, 7) is 1.77. The zero-order valence-electron chi connectivity index (χ0n) is 16.7. The van der Waals surface area contributed by atoms with E-state index in [-0.39, 0.29) is 23.6 Å². The van der Waals surface area contributed by atoms with E-state index in [1.54, 1.807) is 6.92 Å². The van der Waals surface area contributed by atoms with Gasteiger partial charge in [-0.2, -0.15) is 27.1 Å². The number of alkyl halides is 5. The number of hydrogen-bond donors (Lipinski definition) is 0. The summed E-state index contributed by atoms with van der Waals surface area (Å²) in [5.41, 5.74) is 1.00. The zero-order valence-corrected chi connectivity index (χ0v) is 17.5. The van der Waals surface area contributed by atoms with Crippen LogP contribution in [0.25, 0.3) is 16.9 Å². The number of halogens is 5. The van der Waals surface area contributed by atoms with Crippen molar-refractivity contribution in [2.75, 3.05) is 19.0 Å². The molecular weight excluding hydrogens is 461 g/mol. The number of nitrogens with zero attached hydrogens (tertiary/aromatic N) is 5. The van der Waals surface area contributed by atoms with Crippen molar-refractivity contribution in [3.63, 3.8) is 0 Å². The maximum atomic E-state index is 13.0. The Labute approximate surface area is 182 Å². The molecule has 0 unspecified atom stereocenters. The van der Waals surface area contributed by atoms with Gasteiger partial charge >= 0.3 is 18.1 Å². The molecule has 0 fully saturated rings. The number of fused-ring (bicyclic) bond motifs is 1. The van der Waals surface area contributed by atoms with Crippen LogP contribution in [-0.4, -0.2) is 61.8 Å². The Morgan fingerprint density at radius 3 is 2.47 bits per heavy atom. The first kappa shape index (κ1) is 23.6. The minimum absolute atomic E-state index is 0.128. The van der Waals surface area contributed by atoms with Gasteiger partial charge in [-0.25, -0.2) is 14.3 Å². The molecule has 0 amide bonds. The molecule has 172 valence electrons. The first-order valence-corrected chi connectivity index (χ1v) is 10.2. The van der Waals surface area contributed by atoms with Crippen molar-refractivity contribution in [1.82, 2.24) is 24.8 Å². The minimum atomic E-state index is -5.74. The van der Waals surface area contributed by atoms with E-state index in [1.807, 2.05) is 6.92 Å². The van der Waals surface area contributed by atoms with Crippen LogP contribution in [0.4, 0.5) is 22.0 Å². The summed E-state index contributed by atoms with van der Waals surface area (Å²) in [7, 11) is 0. The van der Waals surface area contributed by atoms with Gasteiger partial charge in [0.05, 0.1) is 17.9 Å². The van der Waals surface area contributed by atoms with Crippen LogP contribution >= 0.6 is 11.8 Å². The molecule has 3 aromatic heterocycles. The molecule has 3 rings (SSSR count). The standard InChI is InChI=1S/C18H16F5N5O3S/c1-3-30-16(29)11-7-8-24-14-13(15(32-4-2)27-28(11)14)10-5-6-12(26-25-10)31-9-17(19,20)18(21,22)23/h5-8H,3-4,9H2,1-2H3. The van der Waals surface area contributed by atoms with Crippen LogP contribution in [-0.2, 0) is 4.74 Å². The average molecular weight is 477 g/mol. The fourth-order valence-electron chi connectivity index (χ4n) is 2.52. The molecule has 0 aliphatic heterocycles. The van der Waals surface area contributed by atoms with Crippen LogP contribution in [0, 0.1) is 0 Å². The van der Waals surface area contributed by atoms with Crippen molar-refractivity contribution in [2.24, 2.45) is 0 Å². The number of esters is 1. The van der Waals surface area contributed by atoms with E-state index >= 15 is 0 Å². The molecule has 0 aromatic carbocycles. The first-order valence-electron chi connectivity index (χ1n) is 9.18. The van der Waals surface area contributed by atoms with Crippen LogP contribution in [0.3, 0.4) is 0 Å². The third-order valence-corrected chi connectivity index (χ3v) is 4.81. The topological polar surface area (TPSA) is 91.5 Å². The van der Waals surface area contributed by atoms with Gasteiger partial charge in [0, 0.05) is 12.3 Å². The summed E-state index contributed by atoms with van der Waals surface area (Å²) in [4.78, 5) is 16.5. The van der Waals surface area contributed by atoms with Crippen molar-refractivity contribution in [1.29, 1.82) is 0 Å². The van der Waals surface area contributed by atoms with E-state index in [0.717, 1.165) is 6.07 Å². The Morgan fingerprint density at radius 1 is 1.12 bits per heavy atom. The van der Waals surface area contributed by atoms with Crippen molar-refractivity contribution < 1.29 is 36.2 Å². The third kappa shape index (κ3) is 4.74. The summed E-state index contributed by atoms with van der Waals surface area (Å²) >= 11 is 1.33. The monoisotopic (exact) mass is 477 g/mol. The van der Waals surface area contributed by atoms with Crippen molar-refractivity contribution in [2.45, 2.75) is 31.0 Å². The maximum absolute atomic E-state index is 13.0. The highest BCUT2D eigenvalue weighted by atomic mass is 32.2. The summed E-state index contributed by atoms with van der Waals surface area (Å²) in [5, 5.41) is 12.3. The van der Waals surface area contributed by atoms with E-state index in [0.29, 0.717) is 16.3 Å². The molecule has 32 heavy (non-hydrogen) atoms. The smallest absolute Gasteiger partial charge is 0.456 e. The Morgan fingerprint density at radius 2 is 1.88 bits per heavy atom. The van der Waals surface area contributed by atoms with Crippen LogP contribution in [0.5, 0.6) is 5.88 Å². The van der Waals surface area contributed by atoms with Gasteiger partial charge < -0.3 is 9.47 Å². The molecule has 3 heterocycles. The highest BCUT2D eigenvalue weighted by Crippen LogP contribution is 2.36. The maximum Gasteiger partial charge on any atom is 0.456 e. The van der Waals surface area contributed by atoms with Gasteiger partial charge in [0.15, 0.2) is 17.9 Å². The van der Waals surface area contributed by atoms with E-state index in [2.05, 4.69) is 25.0 Å². The van der Waals surface area contributed by atoms with Crippen molar-refractivity contribution >= 4 is 23.4 Å². The van der Waals surface area contributed by atoms with Crippen LogP contribution in [0.2, 0.25) is 0 Å². The van der Waals surface area contributed by atoms with Crippen molar-refractivity contribution in [3.05, 3.63) is 30.1 Å². The largest absolute Gasteiger partial charge is 0.470 e. The second-order valence-corrected chi connectivity index (χ2v) is 7.40. The first-order chi connectivity index (χ1) is 15.1. The molecule has 0 bridgehead atoms. The molecule has 14 heteroatoms. The molecule has 0 spiro atoms. The molecule has 3 aromatic rings. The van der Waals surface area contributed by atoms with E-state index in [9.17, 15) is 26.7 Å². The number of carbonyl (C=O) groups is 1. The van der Waals surface area contributed by atoms with Gasteiger partial charge in [-0.15, -0.1) is 22.0 Å². The molecule has 0 aliphatic rings. The van der Waals surface area contributed by atoms with Gasteiger partial charge in [0.1, 0.15) is 5.03 Å². The van der Waals surface area contributed by atoms with Crippen LogP contribution < -0.4 is 4.74 Å². The van der Waals surface area contributed by atoms with E-state index < -0.39 is 30.6 Å². The second kappa shape index (κ2) is 9.22. The number of hydrogen-bond acceptors (Lipinski definition) is 8. The summed E-state index contributed by atoms with van der Waals surface area (Å²) < 4.78 is 73.7. The number of thioether (sulfide) groups is 1. The Balaban J connectivity index is 1.96. The second-order valence-electron chi connectivity index (χ2n) is 6.15. The molecular formula is C18H16F5N5O3S. The van der Waals surface area contributed by atoms with Crippen molar-refractivity contribution in [3.8, 4) is 17.1 Å². The molecule has 0 N–H and O–H groups in total. The lowest BCUT2D eigenvalue weighted by Gasteiger charge is -2.19. The molecule has 0 radical (unpaired) electrons. The Hall–Kier alpha value is -3.03. The normalized spacial score (nSPS) is 12.2. The molecule has 0 atom stereocenters. The Kier molecular flexibility index (Phi) is 6.81. The number of rotatable bonds is 8. The number of aromatic nitrogens is 5. The summed E-state index contributed by atoms with van der Waals surface area (Å²) in [6.07, 6.45) is -4.36. The minimum Gasteiger partial charge on any atom is -0.470 e. The van der Waals surface area contributed by atoms with E-state index in [1.165, 1.54) is 34.6 Å². The SMILES string of the molecule is CCOC(=O)c1ccnc2c(-c3ccc(OCC(F)(F)C(F)(F)F)nn3)c(SCC)nn12. The highest BCUT2D eigenvalue weighted by Gasteiger charge is 2.58. The average Bonchev–Trinajstić information content (AvgIpc) is 3.10. The molecule has 8 nitrogen and oxygen atoms in total. The summed E-state index contributed by atoms with van der Waals surface area (Å²) in [6, 6.07) is 3.86. The molecule has 0 saturated heterocycles. The lowest BCUT2D eigenvalue weighted by atomic mass is 10.2. The van der Waals surface area contributed by atoms with Gasteiger partial charge in [-0.1, -0.05) is 6.92 Å². The van der Waals surface area contributed by atoms with Gasteiger partial charge in [0.25, 0.3) is 0 Å². The predicted octanol–water partition coefficient (Wildman–Crippen LogP) is 4.05.